The van der Waals surface area contributed by atoms with E-state index in [1.54, 1.807) is 0 Å². The number of rotatable bonds is 7. The van der Waals surface area contributed by atoms with Gasteiger partial charge in [0.05, 0.1) is 7.11 Å². The lowest BCUT2D eigenvalue weighted by Crippen LogP contribution is -2.69. The molecule has 0 heterocycles. The van der Waals surface area contributed by atoms with Crippen molar-refractivity contribution in [2.45, 2.75) is 29.8 Å². The van der Waals surface area contributed by atoms with Gasteiger partial charge in [-0.15, -0.1) is 0 Å². The average molecular weight is 406 g/mol. The van der Waals surface area contributed by atoms with Crippen LogP contribution in [0.2, 0.25) is 0 Å². The van der Waals surface area contributed by atoms with Crippen LogP contribution < -0.4 is 0 Å². The molecular formula is C9H3F13O3. The number of hydrogen-bond acceptors (Lipinski definition) is 3. The summed E-state index contributed by atoms with van der Waals surface area (Å²) in [6.07, 6.45) is -11.1. The molecule has 148 valence electrons. The molecule has 0 radical (unpaired) electrons. The molecule has 0 aliphatic rings. The van der Waals surface area contributed by atoms with Crippen molar-refractivity contribution in [3.63, 3.8) is 0 Å². The number of esters is 1. The summed E-state index contributed by atoms with van der Waals surface area (Å²) < 4.78 is 169. The van der Waals surface area contributed by atoms with Gasteiger partial charge < -0.3 is 9.47 Å². The minimum absolute atomic E-state index is 0.0650. The molecule has 0 aliphatic carbocycles. The molecule has 0 saturated heterocycles. The Morgan fingerprint density at radius 3 is 1.44 bits per heavy atom. The van der Waals surface area contributed by atoms with Gasteiger partial charge in [-0.2, -0.15) is 57.1 Å². The zero-order valence-electron chi connectivity index (χ0n) is 11.1. The summed E-state index contributed by atoms with van der Waals surface area (Å²) in [5, 5.41) is 0. The summed E-state index contributed by atoms with van der Waals surface area (Å²) in [5.41, 5.74) is 0. The quantitative estimate of drug-likeness (QED) is 0.359. The molecule has 0 amide bonds. The fourth-order valence-corrected chi connectivity index (χ4v) is 1.05. The summed E-state index contributed by atoms with van der Waals surface area (Å²) >= 11 is 0. The SMILES string of the molecule is COC(=O)C(F)(F)C(F)(F)C(F)(F)C(F)(F)C(F)(F)OC(F)=C(F)F. The van der Waals surface area contributed by atoms with Crippen molar-refractivity contribution in [1.29, 1.82) is 0 Å². The molecule has 0 aromatic carbocycles. The Labute approximate surface area is 128 Å². The zero-order valence-corrected chi connectivity index (χ0v) is 11.1. The molecular weight excluding hydrogens is 403 g/mol. The Morgan fingerprint density at radius 1 is 0.720 bits per heavy atom. The van der Waals surface area contributed by atoms with Gasteiger partial charge >= 0.3 is 47.9 Å². The number of methoxy groups -OCH3 is 1. The van der Waals surface area contributed by atoms with E-state index in [2.05, 4.69) is 4.74 Å². The molecule has 0 fully saturated rings. The predicted molar refractivity (Wildman–Crippen MR) is 48.2 cm³/mol. The monoisotopic (exact) mass is 406 g/mol. The second-order valence-corrected chi connectivity index (χ2v) is 3.94. The predicted octanol–water partition coefficient (Wildman–Crippen LogP) is 4.35. The summed E-state index contributed by atoms with van der Waals surface area (Å²) in [5.74, 6) is -33.3. The molecule has 0 spiro atoms. The minimum Gasteiger partial charge on any atom is -0.464 e. The molecule has 0 saturated carbocycles. The van der Waals surface area contributed by atoms with E-state index < -0.39 is 47.9 Å². The molecule has 0 unspecified atom stereocenters. The lowest BCUT2D eigenvalue weighted by molar-refractivity contribution is -0.439. The molecule has 0 N–H and O–H groups in total. The van der Waals surface area contributed by atoms with Gasteiger partial charge in [-0.1, -0.05) is 0 Å². The summed E-state index contributed by atoms with van der Waals surface area (Å²) in [4.78, 5) is 10.4. The Bertz CT molecular complexity index is 549. The fourth-order valence-electron chi connectivity index (χ4n) is 1.05. The van der Waals surface area contributed by atoms with Crippen LogP contribution in [0.4, 0.5) is 57.1 Å². The Hall–Kier alpha value is -1.90. The van der Waals surface area contributed by atoms with E-state index in [1.165, 1.54) is 0 Å². The maximum absolute atomic E-state index is 13.0. The lowest BCUT2D eigenvalue weighted by atomic mass is 9.98. The van der Waals surface area contributed by atoms with Crippen LogP contribution in [0.15, 0.2) is 12.1 Å². The summed E-state index contributed by atoms with van der Waals surface area (Å²) in [6.45, 7) is 0. The summed E-state index contributed by atoms with van der Waals surface area (Å²) in [7, 11) is -0.0650. The highest BCUT2D eigenvalue weighted by molar-refractivity contribution is 5.79. The Kier molecular flexibility index (Phi) is 5.95. The Balaban J connectivity index is 6.20. The number of carbonyl (C=O) groups is 1. The van der Waals surface area contributed by atoms with Crippen LogP contribution in [-0.2, 0) is 14.3 Å². The van der Waals surface area contributed by atoms with Crippen LogP contribution in [0.3, 0.4) is 0 Å². The van der Waals surface area contributed by atoms with E-state index >= 15 is 0 Å². The first-order valence-electron chi connectivity index (χ1n) is 5.18. The molecule has 25 heavy (non-hydrogen) atoms. The first kappa shape index (κ1) is 23.1. The molecule has 16 heteroatoms. The van der Waals surface area contributed by atoms with Crippen molar-refractivity contribution in [2.24, 2.45) is 0 Å². The van der Waals surface area contributed by atoms with Crippen molar-refractivity contribution in [1.82, 2.24) is 0 Å². The smallest absolute Gasteiger partial charge is 0.464 e. The van der Waals surface area contributed by atoms with E-state index in [1.807, 2.05) is 4.74 Å². The number of halogens is 13. The van der Waals surface area contributed by atoms with Crippen molar-refractivity contribution < 1.29 is 71.3 Å². The van der Waals surface area contributed by atoms with Crippen LogP contribution in [-0.4, -0.2) is 42.9 Å². The molecule has 0 aromatic heterocycles. The highest BCUT2D eigenvalue weighted by Crippen LogP contribution is 2.57. The van der Waals surface area contributed by atoms with Gasteiger partial charge in [0.1, 0.15) is 0 Å². The zero-order chi connectivity index (χ0) is 20.6. The third-order valence-electron chi connectivity index (χ3n) is 2.36. The molecule has 0 atom stereocenters. The van der Waals surface area contributed by atoms with Crippen LogP contribution in [0.25, 0.3) is 0 Å². The van der Waals surface area contributed by atoms with Gasteiger partial charge in [0.2, 0.25) is 0 Å². The van der Waals surface area contributed by atoms with Gasteiger partial charge in [-0.25, -0.2) is 4.79 Å². The van der Waals surface area contributed by atoms with Crippen LogP contribution in [0.1, 0.15) is 0 Å². The maximum atomic E-state index is 13.0. The van der Waals surface area contributed by atoms with Crippen LogP contribution >= 0.6 is 0 Å². The maximum Gasteiger partial charge on any atom is 0.472 e. The number of carbonyl (C=O) groups excluding carboxylic acids is 1. The number of alkyl halides is 10. The minimum atomic E-state index is -7.81. The lowest BCUT2D eigenvalue weighted by Gasteiger charge is -2.37. The van der Waals surface area contributed by atoms with Gasteiger partial charge in [0, 0.05) is 0 Å². The van der Waals surface area contributed by atoms with Crippen molar-refractivity contribution >= 4 is 5.97 Å². The third-order valence-corrected chi connectivity index (χ3v) is 2.36. The first-order chi connectivity index (χ1) is 10.8. The fraction of sp³-hybridized carbons (Fsp3) is 0.667. The van der Waals surface area contributed by atoms with Gasteiger partial charge in [0.15, 0.2) is 0 Å². The standard InChI is InChI=1S/C9H3F13O3/c1-24-4(23)5(13,14)6(15,16)7(17,18)8(19,20)9(21,22)25-3(12)2(10)11/h1H3. The van der Waals surface area contributed by atoms with E-state index in [0.29, 0.717) is 0 Å². The first-order valence-corrected chi connectivity index (χ1v) is 5.18. The molecule has 0 aliphatic heterocycles. The van der Waals surface area contributed by atoms with E-state index in [9.17, 15) is 61.9 Å². The van der Waals surface area contributed by atoms with E-state index in [0.717, 1.165) is 0 Å². The number of hydrogen-bond donors (Lipinski definition) is 0. The second kappa shape index (κ2) is 6.44. The van der Waals surface area contributed by atoms with Gasteiger partial charge in [-0.05, 0) is 0 Å². The normalized spacial score (nSPS) is 14.2. The van der Waals surface area contributed by atoms with Gasteiger partial charge in [-0.3, -0.25) is 0 Å². The second-order valence-electron chi connectivity index (χ2n) is 3.94. The highest BCUT2D eigenvalue weighted by atomic mass is 19.4. The molecule has 0 aromatic rings. The highest BCUT2D eigenvalue weighted by Gasteiger charge is 2.89. The van der Waals surface area contributed by atoms with Crippen molar-refractivity contribution in [2.75, 3.05) is 7.11 Å². The van der Waals surface area contributed by atoms with Crippen molar-refractivity contribution in [3.05, 3.63) is 12.1 Å². The van der Waals surface area contributed by atoms with E-state index in [-0.39, 0.29) is 7.11 Å². The van der Waals surface area contributed by atoms with Crippen LogP contribution in [0, 0.1) is 0 Å². The van der Waals surface area contributed by atoms with Gasteiger partial charge in [0.25, 0.3) is 0 Å². The molecule has 0 rings (SSSR count). The number of ether oxygens (including phenoxy) is 2. The third kappa shape index (κ3) is 3.42. The molecule has 0 bridgehead atoms. The summed E-state index contributed by atoms with van der Waals surface area (Å²) in [6, 6.07) is -3.87. The molecule has 3 nitrogen and oxygen atoms in total. The Morgan fingerprint density at radius 2 is 1.12 bits per heavy atom. The van der Waals surface area contributed by atoms with Crippen molar-refractivity contribution in [3.8, 4) is 0 Å². The van der Waals surface area contributed by atoms with E-state index in [4.69, 9.17) is 0 Å². The topological polar surface area (TPSA) is 35.5 Å². The van der Waals surface area contributed by atoms with Crippen LogP contribution in [0.5, 0.6) is 0 Å². The largest absolute Gasteiger partial charge is 0.472 e. The average Bonchev–Trinajstić information content (AvgIpc) is 2.44.